The fraction of sp³-hybridized carbons (Fsp3) is 0.364. The zero-order chi connectivity index (χ0) is 21.4. The van der Waals surface area contributed by atoms with Crippen LogP contribution in [0.2, 0.25) is 0 Å². The van der Waals surface area contributed by atoms with E-state index in [4.69, 9.17) is 9.47 Å². The number of H-pyrrole nitrogens is 1. The molecule has 0 atom stereocenters. The van der Waals surface area contributed by atoms with Crippen LogP contribution in [0.3, 0.4) is 0 Å². The summed E-state index contributed by atoms with van der Waals surface area (Å²) in [6.45, 7) is 4.92. The Morgan fingerprint density at radius 3 is 2.68 bits per heavy atom. The Morgan fingerprint density at radius 1 is 1.06 bits per heavy atom. The summed E-state index contributed by atoms with van der Waals surface area (Å²) >= 11 is 0. The number of hydrogen-bond donors (Lipinski definition) is 2. The molecule has 2 amide bonds. The fourth-order valence-corrected chi connectivity index (χ4v) is 4.10. The van der Waals surface area contributed by atoms with E-state index >= 15 is 0 Å². The van der Waals surface area contributed by atoms with Gasteiger partial charge >= 0.3 is 6.09 Å². The minimum atomic E-state index is -0.465. The zero-order valence-corrected chi connectivity index (χ0v) is 16.9. The minimum absolute atomic E-state index is 0.103. The van der Waals surface area contributed by atoms with Crippen LogP contribution in [0.4, 0.5) is 14.9 Å². The average Bonchev–Trinajstić information content (AvgIpc) is 3.44. The highest BCUT2D eigenvalue weighted by Crippen LogP contribution is 2.35. The first-order chi connectivity index (χ1) is 15.1. The van der Waals surface area contributed by atoms with Crippen molar-refractivity contribution >= 4 is 29.3 Å². The number of halogens is 1. The molecule has 0 radical (unpaired) electrons. The first-order valence-electron chi connectivity index (χ1n) is 10.3. The number of morpholine rings is 1. The highest BCUT2D eigenvalue weighted by Gasteiger charge is 2.28. The predicted molar refractivity (Wildman–Crippen MR) is 112 cm³/mol. The molecular formula is C22H23FN4O4. The average molecular weight is 426 g/mol. The maximum absolute atomic E-state index is 14.6. The SMILES string of the molecule is O=C1Nc2cc(F)c(CN3CCOC3=O)cc2/C1=C/c1cc(CN2CCOCC2)c[nH]1. The standard InChI is InChI=1S/C22H23FN4O4/c23-19-10-20-17(8-15(19)13-27-3-6-31-22(27)29)18(21(28)25-20)9-16-7-14(11-24-16)12-26-1-4-30-5-2-26/h7-11,24H,1-6,12-13H2,(H,25,28)/b18-9-. The van der Waals surface area contributed by atoms with Crippen LogP contribution in [-0.2, 0) is 27.4 Å². The molecule has 3 aliphatic heterocycles. The van der Waals surface area contributed by atoms with E-state index in [1.807, 2.05) is 12.3 Å². The lowest BCUT2D eigenvalue weighted by Crippen LogP contribution is -2.35. The van der Waals surface area contributed by atoms with Crippen LogP contribution in [0.5, 0.6) is 0 Å². The zero-order valence-electron chi connectivity index (χ0n) is 16.9. The van der Waals surface area contributed by atoms with E-state index in [1.54, 1.807) is 12.1 Å². The van der Waals surface area contributed by atoms with Crippen LogP contribution in [0.15, 0.2) is 24.4 Å². The van der Waals surface area contributed by atoms with E-state index in [9.17, 15) is 14.0 Å². The van der Waals surface area contributed by atoms with Crippen molar-refractivity contribution < 1.29 is 23.5 Å². The normalized spacial score (nSPS) is 20.3. The van der Waals surface area contributed by atoms with Gasteiger partial charge in [-0.2, -0.15) is 0 Å². The van der Waals surface area contributed by atoms with Gasteiger partial charge in [-0.05, 0) is 29.8 Å². The molecule has 3 aliphatic rings. The van der Waals surface area contributed by atoms with Crippen molar-refractivity contribution in [1.82, 2.24) is 14.8 Å². The van der Waals surface area contributed by atoms with Crippen molar-refractivity contribution in [2.75, 3.05) is 44.8 Å². The number of aromatic nitrogens is 1. The Hall–Kier alpha value is -3.17. The van der Waals surface area contributed by atoms with Gasteiger partial charge in [-0.15, -0.1) is 0 Å². The van der Waals surface area contributed by atoms with Crippen molar-refractivity contribution in [2.24, 2.45) is 0 Å². The molecule has 9 heteroatoms. The van der Waals surface area contributed by atoms with Gasteiger partial charge in [0.05, 0.1) is 37.6 Å². The topological polar surface area (TPSA) is 86.9 Å². The predicted octanol–water partition coefficient (Wildman–Crippen LogP) is 2.43. The van der Waals surface area contributed by atoms with Crippen LogP contribution in [0, 0.1) is 5.82 Å². The molecule has 4 heterocycles. The number of carbonyl (C=O) groups excluding carboxylic acids is 2. The third-order valence-electron chi connectivity index (χ3n) is 5.75. The van der Waals surface area contributed by atoms with E-state index < -0.39 is 11.9 Å². The molecular weight excluding hydrogens is 403 g/mol. The molecule has 2 aromatic rings. The molecule has 1 aromatic carbocycles. The van der Waals surface area contributed by atoms with Gasteiger partial charge in [0.25, 0.3) is 5.91 Å². The van der Waals surface area contributed by atoms with E-state index in [1.165, 1.54) is 11.0 Å². The Labute approximate surface area is 178 Å². The summed E-state index contributed by atoms with van der Waals surface area (Å²) in [6, 6.07) is 4.96. The number of carbonyl (C=O) groups is 2. The molecule has 1 aromatic heterocycles. The van der Waals surface area contributed by atoms with Gasteiger partial charge in [0.2, 0.25) is 0 Å². The lowest BCUT2D eigenvalue weighted by molar-refractivity contribution is -0.110. The minimum Gasteiger partial charge on any atom is -0.448 e. The first-order valence-corrected chi connectivity index (χ1v) is 10.3. The van der Waals surface area contributed by atoms with Gasteiger partial charge in [-0.25, -0.2) is 9.18 Å². The summed E-state index contributed by atoms with van der Waals surface area (Å²) < 4.78 is 24.9. The highest BCUT2D eigenvalue weighted by molar-refractivity contribution is 6.34. The monoisotopic (exact) mass is 426 g/mol. The number of fused-ring (bicyclic) bond motifs is 1. The Balaban J connectivity index is 1.38. The van der Waals surface area contributed by atoms with Gasteiger partial charge in [-0.1, -0.05) is 0 Å². The van der Waals surface area contributed by atoms with Crippen molar-refractivity contribution in [3.05, 3.63) is 52.6 Å². The number of aromatic amines is 1. The fourth-order valence-electron chi connectivity index (χ4n) is 4.10. The molecule has 2 fully saturated rings. The van der Waals surface area contributed by atoms with E-state index in [2.05, 4.69) is 15.2 Å². The number of hydrogen-bond acceptors (Lipinski definition) is 5. The Kier molecular flexibility index (Phi) is 5.21. The highest BCUT2D eigenvalue weighted by atomic mass is 19.1. The Morgan fingerprint density at radius 2 is 1.90 bits per heavy atom. The summed E-state index contributed by atoms with van der Waals surface area (Å²) in [5, 5.41) is 2.72. The molecule has 2 saturated heterocycles. The third kappa shape index (κ3) is 4.06. The summed E-state index contributed by atoms with van der Waals surface area (Å²) in [6.07, 6.45) is 3.25. The maximum atomic E-state index is 14.6. The molecule has 2 N–H and O–H groups in total. The number of rotatable bonds is 5. The summed E-state index contributed by atoms with van der Waals surface area (Å²) in [7, 11) is 0. The molecule has 0 saturated carbocycles. The number of nitrogens with zero attached hydrogens (tertiary/aromatic N) is 2. The molecule has 0 aliphatic carbocycles. The molecule has 0 bridgehead atoms. The largest absolute Gasteiger partial charge is 0.448 e. The van der Waals surface area contributed by atoms with Gasteiger partial charge < -0.3 is 24.7 Å². The van der Waals surface area contributed by atoms with Gasteiger partial charge in [-0.3, -0.25) is 9.69 Å². The van der Waals surface area contributed by atoms with E-state index in [-0.39, 0.29) is 12.5 Å². The van der Waals surface area contributed by atoms with Crippen molar-refractivity contribution in [3.63, 3.8) is 0 Å². The second kappa shape index (κ2) is 8.16. The lowest BCUT2D eigenvalue weighted by atomic mass is 10.0. The second-order valence-corrected chi connectivity index (χ2v) is 7.89. The van der Waals surface area contributed by atoms with Crippen LogP contribution in [-0.4, -0.2) is 66.2 Å². The summed E-state index contributed by atoms with van der Waals surface area (Å²) in [5.74, 6) is -0.746. The Bertz CT molecular complexity index is 1060. The van der Waals surface area contributed by atoms with Gasteiger partial charge in [0.1, 0.15) is 12.4 Å². The van der Waals surface area contributed by atoms with Crippen LogP contribution < -0.4 is 5.32 Å². The quantitative estimate of drug-likeness (QED) is 0.718. The summed E-state index contributed by atoms with van der Waals surface area (Å²) in [5.41, 5.74) is 3.79. The van der Waals surface area contributed by atoms with Gasteiger partial charge in [0, 0.05) is 42.7 Å². The molecule has 5 rings (SSSR count). The second-order valence-electron chi connectivity index (χ2n) is 7.89. The number of benzene rings is 1. The van der Waals surface area contributed by atoms with Crippen molar-refractivity contribution in [1.29, 1.82) is 0 Å². The van der Waals surface area contributed by atoms with Gasteiger partial charge in [0.15, 0.2) is 0 Å². The van der Waals surface area contributed by atoms with Crippen LogP contribution in [0.25, 0.3) is 11.6 Å². The lowest BCUT2D eigenvalue weighted by Gasteiger charge is -2.25. The van der Waals surface area contributed by atoms with Crippen LogP contribution >= 0.6 is 0 Å². The first kappa shape index (κ1) is 19.8. The molecule has 31 heavy (non-hydrogen) atoms. The van der Waals surface area contributed by atoms with Crippen molar-refractivity contribution in [3.8, 4) is 0 Å². The number of ether oxygens (including phenoxy) is 2. The number of anilines is 1. The molecule has 0 spiro atoms. The molecule has 0 unspecified atom stereocenters. The number of amides is 2. The van der Waals surface area contributed by atoms with E-state index in [0.717, 1.165) is 44.1 Å². The molecule has 162 valence electrons. The van der Waals surface area contributed by atoms with Crippen LogP contribution in [0.1, 0.15) is 22.4 Å². The van der Waals surface area contributed by atoms with E-state index in [0.29, 0.717) is 35.5 Å². The summed E-state index contributed by atoms with van der Waals surface area (Å²) in [4.78, 5) is 31.2. The third-order valence-corrected chi connectivity index (χ3v) is 5.75. The smallest absolute Gasteiger partial charge is 0.410 e. The van der Waals surface area contributed by atoms with Crippen molar-refractivity contribution in [2.45, 2.75) is 13.1 Å². The maximum Gasteiger partial charge on any atom is 0.410 e. The number of cyclic esters (lactones) is 1. The number of nitrogens with one attached hydrogen (secondary N) is 2. The molecule has 8 nitrogen and oxygen atoms in total.